The van der Waals surface area contributed by atoms with E-state index in [0.29, 0.717) is 5.56 Å². The van der Waals surface area contributed by atoms with Gasteiger partial charge in [0.25, 0.3) is 0 Å². The number of benzene rings is 3. The van der Waals surface area contributed by atoms with E-state index in [0.717, 1.165) is 21.1 Å². The molecule has 0 amide bonds. The molecule has 1 aromatic heterocycles. The molecule has 5 heteroatoms. The van der Waals surface area contributed by atoms with Gasteiger partial charge in [-0.1, -0.05) is 53.8 Å². The average molecular weight is 333 g/mol. The topological polar surface area (TPSA) is 49.9 Å². The summed E-state index contributed by atoms with van der Waals surface area (Å²) < 4.78 is 3.18. The number of nitrogens with zero attached hydrogens (tertiary/aromatic N) is 3. The Labute approximate surface area is 142 Å². The van der Waals surface area contributed by atoms with Gasteiger partial charge < -0.3 is 9.67 Å². The maximum atomic E-state index is 10.1. The van der Waals surface area contributed by atoms with Gasteiger partial charge in [0.1, 0.15) is 5.75 Å². The second kappa shape index (κ2) is 5.94. The molecule has 0 radical (unpaired) electrons. The van der Waals surface area contributed by atoms with Gasteiger partial charge in [-0.3, -0.25) is 0 Å². The molecule has 0 saturated carbocycles. The highest BCUT2D eigenvalue weighted by Gasteiger charge is 2.04. The summed E-state index contributed by atoms with van der Waals surface area (Å²) in [4.78, 5) is 0.812. The van der Waals surface area contributed by atoms with E-state index in [1.54, 1.807) is 23.6 Å². The van der Waals surface area contributed by atoms with Gasteiger partial charge in [-0.05, 0) is 29.0 Å². The Bertz CT molecular complexity index is 1140. The third-order valence-corrected chi connectivity index (χ3v) is 5.10. The third kappa shape index (κ3) is 2.49. The van der Waals surface area contributed by atoms with Gasteiger partial charge in [-0.2, -0.15) is 5.10 Å². The summed E-state index contributed by atoms with van der Waals surface area (Å²) in [6.45, 7) is 0. The van der Waals surface area contributed by atoms with Crippen molar-refractivity contribution in [2.75, 3.05) is 0 Å². The summed E-state index contributed by atoms with van der Waals surface area (Å²) >= 11 is 1.59. The van der Waals surface area contributed by atoms with Gasteiger partial charge in [-0.25, -0.2) is 0 Å². The second-order valence-corrected chi connectivity index (χ2v) is 6.48. The first-order valence-corrected chi connectivity index (χ1v) is 8.38. The normalized spacial score (nSPS) is 12.6. The SMILES string of the molecule is Cn1/c(=N/N=C/c2c(O)ccc3ccccc23)sc2ccccc21. The van der Waals surface area contributed by atoms with Crippen molar-refractivity contribution >= 4 is 38.5 Å². The minimum atomic E-state index is 0.202. The zero-order chi connectivity index (χ0) is 16.5. The Morgan fingerprint density at radius 2 is 1.79 bits per heavy atom. The standard InChI is InChI=1S/C19H15N3OS/c1-22-16-8-4-5-9-18(16)24-19(22)21-20-12-15-14-7-3-2-6-13(14)10-11-17(15)23/h2-12,23H,1H3/b20-12+,21-19-. The largest absolute Gasteiger partial charge is 0.507 e. The van der Waals surface area contributed by atoms with Gasteiger partial charge in [0.2, 0.25) is 4.80 Å². The number of aromatic hydroxyl groups is 1. The van der Waals surface area contributed by atoms with Gasteiger partial charge >= 0.3 is 0 Å². The summed E-state index contributed by atoms with van der Waals surface area (Å²) in [5.41, 5.74) is 1.81. The molecule has 0 aliphatic carbocycles. The van der Waals surface area contributed by atoms with E-state index in [4.69, 9.17) is 0 Å². The lowest BCUT2D eigenvalue weighted by atomic mass is 10.0. The van der Waals surface area contributed by atoms with Crippen LogP contribution in [0.2, 0.25) is 0 Å². The van der Waals surface area contributed by atoms with Crippen LogP contribution in [0.5, 0.6) is 5.75 Å². The van der Waals surface area contributed by atoms with Crippen LogP contribution in [0.1, 0.15) is 5.56 Å². The van der Waals surface area contributed by atoms with Crippen molar-refractivity contribution in [3.05, 3.63) is 71.0 Å². The number of phenolic OH excluding ortho intramolecular Hbond substituents is 1. The molecule has 3 aromatic carbocycles. The molecule has 0 atom stereocenters. The van der Waals surface area contributed by atoms with Crippen LogP contribution in [-0.4, -0.2) is 15.9 Å². The molecule has 0 aliphatic heterocycles. The molecule has 1 N–H and O–H groups in total. The van der Waals surface area contributed by atoms with Crippen LogP contribution in [0.4, 0.5) is 0 Å². The van der Waals surface area contributed by atoms with Gasteiger partial charge in [-0.15, -0.1) is 5.10 Å². The number of phenols is 1. The maximum absolute atomic E-state index is 10.1. The Morgan fingerprint density at radius 3 is 2.67 bits per heavy atom. The molecule has 4 aromatic rings. The minimum absolute atomic E-state index is 0.202. The number of aromatic nitrogens is 1. The van der Waals surface area contributed by atoms with Crippen LogP contribution in [0, 0.1) is 0 Å². The number of rotatable bonds is 2. The Balaban J connectivity index is 1.80. The summed E-state index contributed by atoms with van der Waals surface area (Å²) in [6, 6.07) is 19.6. The number of hydrogen-bond donors (Lipinski definition) is 1. The lowest BCUT2D eigenvalue weighted by Crippen LogP contribution is -2.08. The first-order chi connectivity index (χ1) is 11.7. The molecule has 4 rings (SSSR count). The molecule has 118 valence electrons. The Morgan fingerprint density at radius 1 is 1.00 bits per heavy atom. The highest BCUT2D eigenvalue weighted by Crippen LogP contribution is 2.25. The summed E-state index contributed by atoms with van der Waals surface area (Å²) in [6.07, 6.45) is 1.61. The van der Waals surface area contributed by atoms with Crippen LogP contribution < -0.4 is 4.80 Å². The zero-order valence-corrected chi connectivity index (χ0v) is 13.9. The van der Waals surface area contributed by atoms with E-state index < -0.39 is 0 Å². The first-order valence-electron chi connectivity index (χ1n) is 7.56. The third-order valence-electron chi connectivity index (χ3n) is 3.99. The quantitative estimate of drug-likeness (QED) is 0.437. The van der Waals surface area contributed by atoms with Crippen molar-refractivity contribution < 1.29 is 5.11 Å². The fourth-order valence-electron chi connectivity index (χ4n) is 2.73. The van der Waals surface area contributed by atoms with Crippen molar-refractivity contribution in [2.45, 2.75) is 0 Å². The van der Waals surface area contributed by atoms with E-state index in [-0.39, 0.29) is 5.75 Å². The number of aryl methyl sites for hydroxylation is 1. The Hall–Kier alpha value is -2.92. The highest BCUT2D eigenvalue weighted by molar-refractivity contribution is 7.16. The van der Waals surface area contributed by atoms with E-state index in [1.165, 1.54) is 4.70 Å². The number of thiazole rings is 1. The number of para-hydroxylation sites is 1. The van der Waals surface area contributed by atoms with Gasteiger partial charge in [0.05, 0.1) is 16.4 Å². The van der Waals surface area contributed by atoms with Crippen molar-refractivity contribution in [1.82, 2.24) is 4.57 Å². The molecule has 1 heterocycles. The molecule has 0 unspecified atom stereocenters. The molecular weight excluding hydrogens is 318 g/mol. The Kier molecular flexibility index (Phi) is 3.63. The monoisotopic (exact) mass is 333 g/mol. The van der Waals surface area contributed by atoms with Crippen molar-refractivity contribution in [3.8, 4) is 5.75 Å². The molecule has 4 nitrogen and oxygen atoms in total. The zero-order valence-electron chi connectivity index (χ0n) is 13.0. The van der Waals surface area contributed by atoms with E-state index >= 15 is 0 Å². The van der Waals surface area contributed by atoms with Crippen molar-refractivity contribution in [1.29, 1.82) is 0 Å². The summed E-state index contributed by atoms with van der Waals surface area (Å²) in [5.74, 6) is 0.202. The maximum Gasteiger partial charge on any atom is 0.211 e. The fraction of sp³-hybridized carbons (Fsp3) is 0.0526. The van der Waals surface area contributed by atoms with E-state index in [2.05, 4.69) is 22.3 Å². The molecule has 0 spiro atoms. The lowest BCUT2D eigenvalue weighted by Gasteiger charge is -2.03. The van der Waals surface area contributed by atoms with E-state index in [1.807, 2.05) is 54.1 Å². The molecular formula is C19H15N3OS. The fourth-order valence-corrected chi connectivity index (χ4v) is 3.71. The van der Waals surface area contributed by atoms with Gasteiger partial charge in [0, 0.05) is 12.6 Å². The van der Waals surface area contributed by atoms with E-state index in [9.17, 15) is 5.11 Å². The molecule has 24 heavy (non-hydrogen) atoms. The van der Waals surface area contributed by atoms with Crippen molar-refractivity contribution in [2.24, 2.45) is 17.3 Å². The van der Waals surface area contributed by atoms with Crippen LogP contribution in [0.15, 0.2) is 70.9 Å². The highest BCUT2D eigenvalue weighted by atomic mass is 32.1. The lowest BCUT2D eigenvalue weighted by molar-refractivity contribution is 0.475. The molecule has 0 saturated heterocycles. The van der Waals surface area contributed by atoms with Crippen LogP contribution in [0.25, 0.3) is 21.0 Å². The summed E-state index contributed by atoms with van der Waals surface area (Å²) in [7, 11) is 1.97. The van der Waals surface area contributed by atoms with Gasteiger partial charge in [0.15, 0.2) is 0 Å². The van der Waals surface area contributed by atoms with Crippen molar-refractivity contribution in [3.63, 3.8) is 0 Å². The minimum Gasteiger partial charge on any atom is -0.507 e. The summed E-state index contributed by atoms with van der Waals surface area (Å²) in [5, 5.41) is 20.7. The molecule has 0 bridgehead atoms. The van der Waals surface area contributed by atoms with Crippen LogP contribution >= 0.6 is 11.3 Å². The average Bonchev–Trinajstić information content (AvgIpc) is 2.93. The number of fused-ring (bicyclic) bond motifs is 2. The smallest absolute Gasteiger partial charge is 0.211 e. The molecule has 0 fully saturated rings. The van der Waals surface area contributed by atoms with Crippen LogP contribution in [0.3, 0.4) is 0 Å². The first kappa shape index (κ1) is 14.7. The second-order valence-electron chi connectivity index (χ2n) is 5.48. The number of hydrogen-bond acceptors (Lipinski definition) is 4. The molecule has 0 aliphatic rings. The predicted octanol–water partition coefficient (Wildman–Crippen LogP) is 4.03. The predicted molar refractivity (Wildman–Crippen MR) is 99.6 cm³/mol. The van der Waals surface area contributed by atoms with Crippen LogP contribution in [-0.2, 0) is 7.05 Å².